The fourth-order valence-corrected chi connectivity index (χ4v) is 3.24. The zero-order chi connectivity index (χ0) is 15.4. The number of rotatable bonds is 4. The Labute approximate surface area is 130 Å². The van der Waals surface area contributed by atoms with Gasteiger partial charge in [0.2, 0.25) is 5.91 Å². The monoisotopic (exact) mass is 301 g/mol. The number of aromatic nitrogens is 4. The van der Waals surface area contributed by atoms with E-state index >= 15 is 0 Å². The number of nitrogens with zero attached hydrogens (tertiary/aromatic N) is 5. The molecule has 0 radical (unpaired) electrons. The summed E-state index contributed by atoms with van der Waals surface area (Å²) in [6.07, 6.45) is 10.2. The first-order valence-electron chi connectivity index (χ1n) is 7.99. The van der Waals surface area contributed by atoms with Gasteiger partial charge in [-0.25, -0.2) is 4.98 Å². The van der Waals surface area contributed by atoms with Crippen molar-refractivity contribution in [2.45, 2.75) is 44.7 Å². The highest BCUT2D eigenvalue weighted by atomic mass is 16.2. The van der Waals surface area contributed by atoms with E-state index in [9.17, 15) is 4.79 Å². The molecule has 0 unspecified atom stereocenters. The first-order chi connectivity index (χ1) is 10.8. The Morgan fingerprint density at radius 3 is 3.00 bits per heavy atom. The second-order valence-electron chi connectivity index (χ2n) is 5.90. The summed E-state index contributed by atoms with van der Waals surface area (Å²) < 4.78 is 3.85. The molecule has 1 amide bonds. The van der Waals surface area contributed by atoms with Gasteiger partial charge in [-0.1, -0.05) is 12.8 Å². The van der Waals surface area contributed by atoms with Crippen LogP contribution in [0.5, 0.6) is 0 Å². The van der Waals surface area contributed by atoms with E-state index in [0.29, 0.717) is 13.0 Å². The maximum absolute atomic E-state index is 12.7. The lowest BCUT2D eigenvalue weighted by Gasteiger charge is -2.30. The van der Waals surface area contributed by atoms with E-state index in [1.165, 1.54) is 24.9 Å². The first-order valence-corrected chi connectivity index (χ1v) is 7.99. The van der Waals surface area contributed by atoms with Gasteiger partial charge in [-0.15, -0.1) is 0 Å². The van der Waals surface area contributed by atoms with Crippen molar-refractivity contribution in [2.24, 2.45) is 7.05 Å². The van der Waals surface area contributed by atoms with Gasteiger partial charge in [0.1, 0.15) is 12.7 Å². The van der Waals surface area contributed by atoms with Crippen LogP contribution in [0.2, 0.25) is 0 Å². The molecule has 0 spiro atoms. The van der Waals surface area contributed by atoms with Crippen LogP contribution >= 0.6 is 0 Å². The molecule has 0 aliphatic carbocycles. The zero-order valence-electron chi connectivity index (χ0n) is 13.1. The van der Waals surface area contributed by atoms with Crippen LogP contribution in [-0.4, -0.2) is 36.7 Å². The number of hydrogen-bond donors (Lipinski definition) is 0. The quantitative estimate of drug-likeness (QED) is 0.869. The van der Waals surface area contributed by atoms with Gasteiger partial charge >= 0.3 is 0 Å². The minimum atomic E-state index is 0.200. The summed E-state index contributed by atoms with van der Waals surface area (Å²) in [5.74, 6) is 0.212. The molecule has 0 bridgehead atoms. The Morgan fingerprint density at radius 2 is 2.27 bits per heavy atom. The number of carbonyl (C=O) groups excluding carboxylic acids is 1. The molecule has 0 N–H and O–H groups in total. The lowest BCUT2D eigenvalue weighted by atomic mass is 10.1. The molecule has 2 aromatic heterocycles. The van der Waals surface area contributed by atoms with Crippen molar-refractivity contribution in [3.63, 3.8) is 0 Å². The van der Waals surface area contributed by atoms with Crippen molar-refractivity contribution in [1.82, 2.24) is 24.2 Å². The number of hydrogen-bond acceptors (Lipinski definition) is 3. The molecule has 0 aromatic carbocycles. The maximum Gasteiger partial charge on any atom is 0.224 e. The van der Waals surface area contributed by atoms with Gasteiger partial charge in [-0.3, -0.25) is 9.48 Å². The molecule has 6 heteroatoms. The highest BCUT2D eigenvalue weighted by Crippen LogP contribution is 2.30. The molecule has 0 saturated carbocycles. The third-order valence-electron chi connectivity index (χ3n) is 4.42. The third-order valence-corrected chi connectivity index (χ3v) is 4.42. The molecular formula is C16H23N5O. The van der Waals surface area contributed by atoms with Gasteiger partial charge in [-0.05, 0) is 25.0 Å². The van der Waals surface area contributed by atoms with Gasteiger partial charge in [0, 0.05) is 31.9 Å². The fourth-order valence-electron chi connectivity index (χ4n) is 3.24. The molecular weight excluding hydrogens is 278 g/mol. The van der Waals surface area contributed by atoms with Gasteiger partial charge in [-0.2, -0.15) is 5.10 Å². The molecule has 3 heterocycles. The summed E-state index contributed by atoms with van der Waals surface area (Å²) in [5.41, 5.74) is 1.23. The van der Waals surface area contributed by atoms with E-state index in [-0.39, 0.29) is 11.9 Å². The molecule has 1 atom stereocenters. The third kappa shape index (κ3) is 3.21. The van der Waals surface area contributed by atoms with E-state index < -0.39 is 0 Å². The summed E-state index contributed by atoms with van der Waals surface area (Å²) in [6.45, 7) is 1.45. The van der Waals surface area contributed by atoms with Gasteiger partial charge < -0.3 is 9.47 Å². The molecule has 1 fully saturated rings. The van der Waals surface area contributed by atoms with Crippen LogP contribution in [-0.2, 0) is 18.4 Å². The average molecular weight is 301 g/mol. The Bertz CT molecular complexity index is 604. The standard InChI is InChI=1S/C16H23N5O/c1-19-9-5-7-14(19)15-6-3-2-4-10-21(15)16(22)8-11-20-13-17-12-18-20/h5,7,9,12-13,15H,2-4,6,8,10-11H2,1H3/t15-/m0/s1. The summed E-state index contributed by atoms with van der Waals surface area (Å²) >= 11 is 0. The second kappa shape index (κ2) is 6.77. The predicted molar refractivity (Wildman–Crippen MR) is 83.0 cm³/mol. The van der Waals surface area contributed by atoms with Crippen molar-refractivity contribution >= 4 is 5.91 Å². The number of amides is 1. The normalized spacial score (nSPS) is 19.1. The SMILES string of the molecule is Cn1cccc1[C@@H]1CCCCCN1C(=O)CCn1cncn1. The maximum atomic E-state index is 12.7. The summed E-state index contributed by atoms with van der Waals surface area (Å²) in [5, 5.41) is 4.07. The molecule has 1 aliphatic rings. The van der Waals surface area contributed by atoms with Crippen molar-refractivity contribution < 1.29 is 4.79 Å². The highest BCUT2D eigenvalue weighted by molar-refractivity contribution is 5.76. The van der Waals surface area contributed by atoms with Crippen molar-refractivity contribution in [3.8, 4) is 0 Å². The van der Waals surface area contributed by atoms with E-state index in [0.717, 1.165) is 19.4 Å². The van der Waals surface area contributed by atoms with E-state index in [1.54, 1.807) is 11.0 Å². The van der Waals surface area contributed by atoms with Gasteiger partial charge in [0.15, 0.2) is 0 Å². The Kier molecular flexibility index (Phi) is 4.56. The number of carbonyl (C=O) groups is 1. The van der Waals surface area contributed by atoms with Crippen LogP contribution in [0.4, 0.5) is 0 Å². The Balaban J connectivity index is 1.72. The van der Waals surface area contributed by atoms with Crippen LogP contribution < -0.4 is 0 Å². The summed E-state index contributed by atoms with van der Waals surface area (Å²) in [6, 6.07) is 4.39. The molecule has 118 valence electrons. The predicted octanol–water partition coefficient (Wildman–Crippen LogP) is 2.15. The molecule has 22 heavy (non-hydrogen) atoms. The van der Waals surface area contributed by atoms with E-state index in [2.05, 4.69) is 44.9 Å². The lowest BCUT2D eigenvalue weighted by molar-refractivity contribution is -0.134. The second-order valence-corrected chi connectivity index (χ2v) is 5.90. The smallest absolute Gasteiger partial charge is 0.224 e. The van der Waals surface area contributed by atoms with Crippen LogP contribution in [0, 0.1) is 0 Å². The molecule has 3 rings (SSSR count). The van der Waals surface area contributed by atoms with Crippen LogP contribution in [0.1, 0.15) is 43.8 Å². The summed E-state index contributed by atoms with van der Waals surface area (Å²) in [7, 11) is 2.05. The number of aryl methyl sites for hydroxylation is 2. The molecule has 1 saturated heterocycles. The molecule has 6 nitrogen and oxygen atoms in total. The van der Waals surface area contributed by atoms with Crippen LogP contribution in [0.3, 0.4) is 0 Å². The van der Waals surface area contributed by atoms with Crippen molar-refractivity contribution in [1.29, 1.82) is 0 Å². The Morgan fingerprint density at radius 1 is 1.36 bits per heavy atom. The lowest BCUT2D eigenvalue weighted by Crippen LogP contribution is -2.36. The minimum absolute atomic E-state index is 0.200. The highest BCUT2D eigenvalue weighted by Gasteiger charge is 2.27. The van der Waals surface area contributed by atoms with Gasteiger partial charge in [0.25, 0.3) is 0 Å². The van der Waals surface area contributed by atoms with E-state index in [4.69, 9.17) is 0 Å². The molecule has 2 aromatic rings. The minimum Gasteiger partial charge on any atom is -0.353 e. The van der Waals surface area contributed by atoms with Crippen LogP contribution in [0.25, 0.3) is 0 Å². The van der Waals surface area contributed by atoms with Crippen molar-refractivity contribution in [3.05, 3.63) is 36.7 Å². The number of likely N-dealkylation sites (tertiary alicyclic amines) is 1. The van der Waals surface area contributed by atoms with Crippen LogP contribution in [0.15, 0.2) is 31.0 Å². The average Bonchev–Trinajstić information content (AvgIpc) is 3.12. The Hall–Kier alpha value is -2.11. The topological polar surface area (TPSA) is 56.0 Å². The molecule has 1 aliphatic heterocycles. The van der Waals surface area contributed by atoms with Gasteiger partial charge in [0.05, 0.1) is 12.6 Å². The van der Waals surface area contributed by atoms with Crippen molar-refractivity contribution in [2.75, 3.05) is 6.54 Å². The largest absolute Gasteiger partial charge is 0.353 e. The first kappa shape index (κ1) is 14.8. The van der Waals surface area contributed by atoms with E-state index in [1.807, 2.05) is 0 Å². The zero-order valence-corrected chi connectivity index (χ0v) is 13.1. The fraction of sp³-hybridized carbons (Fsp3) is 0.562. The summed E-state index contributed by atoms with van der Waals surface area (Å²) in [4.78, 5) is 18.7.